The monoisotopic (exact) mass is 277 g/mol. The SMILES string of the molecule is CCC(C)NC(=O)CCCOc1ccc(C(C)=O)cc1. The zero-order chi connectivity index (χ0) is 15.0. The first kappa shape index (κ1) is 16.2. The summed E-state index contributed by atoms with van der Waals surface area (Å²) in [7, 11) is 0. The second-order valence-corrected chi connectivity index (χ2v) is 4.91. The molecule has 0 spiro atoms. The number of hydrogen-bond donors (Lipinski definition) is 1. The summed E-state index contributed by atoms with van der Waals surface area (Å²) in [6, 6.07) is 7.26. The van der Waals surface area contributed by atoms with Gasteiger partial charge in [0, 0.05) is 18.0 Å². The number of carbonyl (C=O) groups is 2. The lowest BCUT2D eigenvalue weighted by Crippen LogP contribution is -2.31. The highest BCUT2D eigenvalue weighted by Gasteiger charge is 2.05. The van der Waals surface area contributed by atoms with E-state index in [1.54, 1.807) is 24.3 Å². The zero-order valence-electron chi connectivity index (χ0n) is 12.4. The first-order valence-electron chi connectivity index (χ1n) is 7.06. The summed E-state index contributed by atoms with van der Waals surface area (Å²) in [5.41, 5.74) is 0.672. The van der Waals surface area contributed by atoms with E-state index >= 15 is 0 Å². The fourth-order valence-electron chi connectivity index (χ4n) is 1.66. The van der Waals surface area contributed by atoms with E-state index in [-0.39, 0.29) is 17.7 Å². The van der Waals surface area contributed by atoms with Crippen LogP contribution in [-0.4, -0.2) is 24.3 Å². The van der Waals surface area contributed by atoms with E-state index in [0.717, 1.165) is 12.2 Å². The molecule has 0 aliphatic carbocycles. The van der Waals surface area contributed by atoms with Gasteiger partial charge in [-0.1, -0.05) is 6.92 Å². The molecule has 0 aliphatic heterocycles. The van der Waals surface area contributed by atoms with E-state index in [4.69, 9.17) is 4.74 Å². The Morgan fingerprint density at radius 3 is 2.45 bits per heavy atom. The third-order valence-corrected chi connectivity index (χ3v) is 3.10. The Kier molecular flexibility index (Phi) is 6.77. The van der Waals surface area contributed by atoms with Gasteiger partial charge >= 0.3 is 0 Å². The summed E-state index contributed by atoms with van der Waals surface area (Å²) >= 11 is 0. The summed E-state index contributed by atoms with van der Waals surface area (Å²) in [5, 5.41) is 2.92. The van der Waals surface area contributed by atoms with Crippen LogP contribution in [0.4, 0.5) is 0 Å². The Labute approximate surface area is 120 Å². The van der Waals surface area contributed by atoms with Crippen LogP contribution in [0.25, 0.3) is 0 Å². The minimum absolute atomic E-state index is 0.0401. The van der Waals surface area contributed by atoms with Gasteiger partial charge in [-0.25, -0.2) is 0 Å². The maximum Gasteiger partial charge on any atom is 0.220 e. The molecule has 0 aromatic heterocycles. The maximum absolute atomic E-state index is 11.5. The average molecular weight is 277 g/mol. The molecule has 20 heavy (non-hydrogen) atoms. The smallest absolute Gasteiger partial charge is 0.220 e. The van der Waals surface area contributed by atoms with Gasteiger partial charge in [0.15, 0.2) is 5.78 Å². The molecule has 1 rings (SSSR count). The number of benzene rings is 1. The van der Waals surface area contributed by atoms with Gasteiger partial charge in [-0.3, -0.25) is 9.59 Å². The molecule has 1 N–H and O–H groups in total. The quantitative estimate of drug-likeness (QED) is 0.587. The average Bonchev–Trinajstić information content (AvgIpc) is 2.44. The summed E-state index contributed by atoms with van der Waals surface area (Å²) in [5.74, 6) is 0.825. The number of ketones is 1. The van der Waals surface area contributed by atoms with Crippen molar-refractivity contribution in [1.29, 1.82) is 0 Å². The number of ether oxygens (including phenoxy) is 1. The number of nitrogens with one attached hydrogen (secondary N) is 1. The number of carbonyl (C=O) groups excluding carboxylic acids is 2. The lowest BCUT2D eigenvalue weighted by molar-refractivity contribution is -0.121. The molecule has 0 heterocycles. The van der Waals surface area contributed by atoms with E-state index in [2.05, 4.69) is 5.32 Å². The molecule has 4 heteroatoms. The molecule has 1 aromatic carbocycles. The first-order chi connectivity index (χ1) is 9.52. The van der Waals surface area contributed by atoms with Gasteiger partial charge in [-0.05, 0) is 51.0 Å². The number of amides is 1. The van der Waals surface area contributed by atoms with E-state index in [9.17, 15) is 9.59 Å². The first-order valence-corrected chi connectivity index (χ1v) is 7.06. The third-order valence-electron chi connectivity index (χ3n) is 3.10. The highest BCUT2D eigenvalue weighted by atomic mass is 16.5. The Bertz CT molecular complexity index is 440. The third kappa shape index (κ3) is 5.87. The van der Waals surface area contributed by atoms with E-state index < -0.39 is 0 Å². The fraction of sp³-hybridized carbons (Fsp3) is 0.500. The van der Waals surface area contributed by atoms with Crippen LogP contribution in [-0.2, 0) is 4.79 Å². The molecule has 1 amide bonds. The van der Waals surface area contributed by atoms with Crippen LogP contribution in [0, 0.1) is 0 Å². The van der Waals surface area contributed by atoms with E-state index in [0.29, 0.717) is 25.0 Å². The van der Waals surface area contributed by atoms with Gasteiger partial charge in [-0.2, -0.15) is 0 Å². The van der Waals surface area contributed by atoms with E-state index in [1.807, 2.05) is 13.8 Å². The molecule has 110 valence electrons. The van der Waals surface area contributed by atoms with Crippen molar-refractivity contribution >= 4 is 11.7 Å². The molecule has 0 saturated carbocycles. The van der Waals surface area contributed by atoms with Crippen molar-refractivity contribution in [2.24, 2.45) is 0 Å². The van der Waals surface area contributed by atoms with Gasteiger partial charge in [0.2, 0.25) is 5.91 Å². The van der Waals surface area contributed by atoms with Crippen LogP contribution in [0.5, 0.6) is 5.75 Å². The lowest BCUT2D eigenvalue weighted by atomic mass is 10.1. The van der Waals surface area contributed by atoms with Crippen molar-refractivity contribution in [3.05, 3.63) is 29.8 Å². The summed E-state index contributed by atoms with van der Waals surface area (Å²) in [6.45, 7) is 6.06. The van der Waals surface area contributed by atoms with Gasteiger partial charge < -0.3 is 10.1 Å². The van der Waals surface area contributed by atoms with Crippen molar-refractivity contribution < 1.29 is 14.3 Å². The zero-order valence-corrected chi connectivity index (χ0v) is 12.4. The summed E-state index contributed by atoms with van der Waals surface area (Å²) in [6.07, 6.45) is 2.08. The molecular formula is C16H23NO3. The van der Waals surface area contributed by atoms with Crippen LogP contribution in [0.2, 0.25) is 0 Å². The van der Waals surface area contributed by atoms with Crippen molar-refractivity contribution in [2.75, 3.05) is 6.61 Å². The molecule has 4 nitrogen and oxygen atoms in total. The number of hydrogen-bond acceptors (Lipinski definition) is 3. The molecule has 0 bridgehead atoms. The van der Waals surface area contributed by atoms with Crippen LogP contribution in [0.15, 0.2) is 24.3 Å². The van der Waals surface area contributed by atoms with Gasteiger partial charge in [0.05, 0.1) is 6.61 Å². The molecule has 0 fully saturated rings. The Balaban J connectivity index is 2.24. The highest BCUT2D eigenvalue weighted by Crippen LogP contribution is 2.13. The topological polar surface area (TPSA) is 55.4 Å². The largest absolute Gasteiger partial charge is 0.494 e. The van der Waals surface area contributed by atoms with Crippen LogP contribution < -0.4 is 10.1 Å². The second-order valence-electron chi connectivity index (χ2n) is 4.91. The molecule has 1 atom stereocenters. The molecular weight excluding hydrogens is 254 g/mol. The molecule has 0 saturated heterocycles. The number of rotatable bonds is 8. The van der Waals surface area contributed by atoms with Crippen molar-refractivity contribution in [2.45, 2.75) is 46.1 Å². The maximum atomic E-state index is 11.5. The minimum Gasteiger partial charge on any atom is -0.494 e. The van der Waals surface area contributed by atoms with Gasteiger partial charge in [-0.15, -0.1) is 0 Å². The standard InChI is InChI=1S/C16H23NO3/c1-4-12(2)17-16(19)6-5-11-20-15-9-7-14(8-10-15)13(3)18/h7-10,12H,4-6,11H2,1-3H3,(H,17,19). The van der Waals surface area contributed by atoms with Crippen LogP contribution in [0.1, 0.15) is 50.4 Å². The Morgan fingerprint density at radius 1 is 1.25 bits per heavy atom. The van der Waals surface area contributed by atoms with Crippen molar-refractivity contribution in [3.8, 4) is 5.75 Å². The highest BCUT2D eigenvalue weighted by molar-refractivity contribution is 5.94. The lowest BCUT2D eigenvalue weighted by Gasteiger charge is -2.11. The molecule has 1 aromatic rings. The minimum atomic E-state index is 0.0401. The molecule has 0 aliphatic rings. The normalized spacial score (nSPS) is 11.8. The molecule has 1 unspecified atom stereocenters. The van der Waals surface area contributed by atoms with Crippen molar-refractivity contribution in [1.82, 2.24) is 5.32 Å². The summed E-state index contributed by atoms with van der Waals surface area (Å²) in [4.78, 5) is 22.7. The predicted molar refractivity (Wildman–Crippen MR) is 79.1 cm³/mol. The second kappa shape index (κ2) is 8.35. The van der Waals surface area contributed by atoms with Gasteiger partial charge in [0.1, 0.15) is 5.75 Å². The van der Waals surface area contributed by atoms with Crippen molar-refractivity contribution in [3.63, 3.8) is 0 Å². The fourth-order valence-corrected chi connectivity index (χ4v) is 1.66. The van der Waals surface area contributed by atoms with E-state index in [1.165, 1.54) is 6.92 Å². The summed E-state index contributed by atoms with van der Waals surface area (Å²) < 4.78 is 5.53. The number of Topliss-reactive ketones (excluding diaryl/α,β-unsaturated/α-hetero) is 1. The van der Waals surface area contributed by atoms with Crippen LogP contribution >= 0.6 is 0 Å². The Morgan fingerprint density at radius 2 is 1.90 bits per heavy atom. The Hall–Kier alpha value is -1.84. The van der Waals surface area contributed by atoms with Gasteiger partial charge in [0.25, 0.3) is 0 Å². The van der Waals surface area contributed by atoms with Crippen LogP contribution in [0.3, 0.4) is 0 Å². The predicted octanol–water partition coefficient (Wildman–Crippen LogP) is 2.96. The molecule has 0 radical (unpaired) electrons.